The second kappa shape index (κ2) is 7.52. The van der Waals surface area contributed by atoms with Crippen LogP contribution in [-0.2, 0) is 0 Å². The Morgan fingerprint density at radius 2 is 1.27 bits per heavy atom. The molecule has 0 unspecified atom stereocenters. The third kappa shape index (κ3) is 2.84. The SMILES string of the molecule is Cc1nc2nc(-c3cccc4c3oc3c5ccccc5ccc43)n(-c3ccccc3)c2c2ccccc12. The summed E-state index contributed by atoms with van der Waals surface area (Å²) < 4.78 is 8.90. The number of aromatic nitrogens is 3. The summed E-state index contributed by atoms with van der Waals surface area (Å²) in [5, 5.41) is 6.74. The van der Waals surface area contributed by atoms with E-state index in [9.17, 15) is 0 Å². The minimum Gasteiger partial charge on any atom is -0.455 e. The zero-order valence-electron chi connectivity index (χ0n) is 20.1. The third-order valence-electron chi connectivity index (χ3n) is 7.35. The van der Waals surface area contributed by atoms with Gasteiger partial charge < -0.3 is 4.42 Å². The topological polar surface area (TPSA) is 43.9 Å². The van der Waals surface area contributed by atoms with Crippen LogP contribution in [0.1, 0.15) is 5.69 Å². The Bertz CT molecular complexity index is 2150. The first-order valence-corrected chi connectivity index (χ1v) is 12.4. The Balaban J connectivity index is 1.54. The first kappa shape index (κ1) is 20.3. The lowest BCUT2D eigenvalue weighted by molar-refractivity contribution is 0.673. The maximum atomic E-state index is 6.68. The van der Waals surface area contributed by atoms with E-state index >= 15 is 0 Å². The highest BCUT2D eigenvalue weighted by molar-refractivity contribution is 6.17. The van der Waals surface area contributed by atoms with E-state index in [0.29, 0.717) is 0 Å². The van der Waals surface area contributed by atoms with Gasteiger partial charge in [-0.3, -0.25) is 4.57 Å². The molecule has 3 heterocycles. The van der Waals surface area contributed by atoms with Crippen LogP contribution in [0.2, 0.25) is 0 Å². The standard InChI is InChI=1S/C33H21N3O/c1-20-23-13-7-8-15-25(23)29-32(34-20)35-33(36(29)22-11-3-2-4-12-22)28-17-9-16-26-27-19-18-21-10-5-6-14-24(21)30(27)37-31(26)28/h2-19H,1H3. The van der Waals surface area contributed by atoms with Crippen molar-refractivity contribution in [3.05, 3.63) is 115 Å². The van der Waals surface area contributed by atoms with Crippen LogP contribution in [0.5, 0.6) is 0 Å². The lowest BCUT2D eigenvalue weighted by Gasteiger charge is -2.11. The highest BCUT2D eigenvalue weighted by Gasteiger charge is 2.22. The number of imidazole rings is 1. The number of furan rings is 1. The van der Waals surface area contributed by atoms with Crippen LogP contribution in [0.4, 0.5) is 0 Å². The molecule has 174 valence electrons. The highest BCUT2D eigenvalue weighted by atomic mass is 16.3. The summed E-state index contributed by atoms with van der Waals surface area (Å²) in [6.07, 6.45) is 0. The molecule has 0 amide bonds. The molecule has 0 saturated carbocycles. The molecule has 5 aromatic carbocycles. The Morgan fingerprint density at radius 1 is 0.568 bits per heavy atom. The fourth-order valence-electron chi connectivity index (χ4n) is 5.66. The van der Waals surface area contributed by atoms with Gasteiger partial charge in [0.25, 0.3) is 0 Å². The van der Waals surface area contributed by atoms with Crippen molar-refractivity contribution >= 4 is 54.6 Å². The lowest BCUT2D eigenvalue weighted by Crippen LogP contribution is -1.98. The van der Waals surface area contributed by atoms with Crippen LogP contribution < -0.4 is 0 Å². The molecule has 0 aliphatic carbocycles. The molecule has 37 heavy (non-hydrogen) atoms. The molecule has 0 aliphatic rings. The number of hydrogen-bond donors (Lipinski definition) is 0. The molecule has 0 bridgehead atoms. The second-order valence-electron chi connectivity index (χ2n) is 9.47. The molecule has 0 N–H and O–H groups in total. The van der Waals surface area contributed by atoms with Gasteiger partial charge in [0.2, 0.25) is 0 Å². The van der Waals surface area contributed by atoms with Gasteiger partial charge in [0.15, 0.2) is 11.5 Å². The minimum atomic E-state index is 0.730. The Kier molecular flexibility index (Phi) is 4.12. The average molecular weight is 476 g/mol. The molecule has 4 nitrogen and oxygen atoms in total. The summed E-state index contributed by atoms with van der Waals surface area (Å²) >= 11 is 0. The smallest absolute Gasteiger partial charge is 0.179 e. The van der Waals surface area contributed by atoms with Gasteiger partial charge in [-0.25, -0.2) is 9.97 Å². The number of para-hydroxylation sites is 2. The molecule has 4 heteroatoms. The molecule has 0 saturated heterocycles. The molecule has 0 radical (unpaired) electrons. The van der Waals surface area contributed by atoms with Crippen molar-refractivity contribution in [3.63, 3.8) is 0 Å². The largest absolute Gasteiger partial charge is 0.455 e. The van der Waals surface area contributed by atoms with Gasteiger partial charge >= 0.3 is 0 Å². The van der Waals surface area contributed by atoms with Gasteiger partial charge in [0.05, 0.1) is 5.56 Å². The quantitative estimate of drug-likeness (QED) is 0.251. The van der Waals surface area contributed by atoms with Gasteiger partial charge in [-0.15, -0.1) is 0 Å². The van der Waals surface area contributed by atoms with E-state index in [1.807, 2.05) is 13.0 Å². The number of aryl methyl sites for hydroxylation is 1. The summed E-state index contributed by atoms with van der Waals surface area (Å²) in [5.74, 6) is 0.818. The van der Waals surface area contributed by atoms with E-state index in [4.69, 9.17) is 14.4 Å². The molecule has 8 rings (SSSR count). The van der Waals surface area contributed by atoms with Crippen LogP contribution in [-0.4, -0.2) is 14.5 Å². The summed E-state index contributed by atoms with van der Waals surface area (Å²) in [6.45, 7) is 2.05. The van der Waals surface area contributed by atoms with Gasteiger partial charge in [-0.05, 0) is 36.6 Å². The third-order valence-corrected chi connectivity index (χ3v) is 7.35. The summed E-state index contributed by atoms with van der Waals surface area (Å²) in [5.41, 5.74) is 6.43. The van der Waals surface area contributed by atoms with Crippen molar-refractivity contribution in [3.8, 4) is 17.1 Å². The van der Waals surface area contributed by atoms with Gasteiger partial charge in [0.1, 0.15) is 16.7 Å². The summed E-state index contributed by atoms with van der Waals surface area (Å²) in [6, 6.07) is 37.8. The first-order valence-electron chi connectivity index (χ1n) is 12.4. The van der Waals surface area contributed by atoms with Crippen LogP contribution in [0.3, 0.4) is 0 Å². The molecule has 8 aromatic rings. The van der Waals surface area contributed by atoms with E-state index < -0.39 is 0 Å². The molecule has 3 aromatic heterocycles. The lowest BCUT2D eigenvalue weighted by atomic mass is 10.0. The zero-order chi connectivity index (χ0) is 24.5. The molecular weight excluding hydrogens is 454 g/mol. The van der Waals surface area contributed by atoms with Crippen molar-refractivity contribution in [2.45, 2.75) is 6.92 Å². The van der Waals surface area contributed by atoms with Crippen LogP contribution >= 0.6 is 0 Å². The van der Waals surface area contributed by atoms with Crippen molar-refractivity contribution in [1.29, 1.82) is 0 Å². The second-order valence-corrected chi connectivity index (χ2v) is 9.47. The first-order chi connectivity index (χ1) is 18.3. The van der Waals surface area contributed by atoms with E-state index in [1.165, 1.54) is 5.39 Å². The maximum Gasteiger partial charge on any atom is 0.179 e. The number of hydrogen-bond acceptors (Lipinski definition) is 3. The van der Waals surface area contributed by atoms with Gasteiger partial charge in [0, 0.05) is 38.3 Å². The summed E-state index contributed by atoms with van der Waals surface area (Å²) in [7, 11) is 0. The predicted molar refractivity (Wildman–Crippen MR) is 151 cm³/mol. The number of pyridine rings is 1. The highest BCUT2D eigenvalue weighted by Crippen LogP contribution is 2.40. The number of fused-ring (bicyclic) bond motifs is 8. The van der Waals surface area contributed by atoms with Crippen molar-refractivity contribution in [2.75, 3.05) is 0 Å². The Morgan fingerprint density at radius 3 is 2.14 bits per heavy atom. The molecule has 0 spiro atoms. The Hall–Kier alpha value is -4.96. The minimum absolute atomic E-state index is 0.730. The van der Waals surface area contributed by atoms with Gasteiger partial charge in [-0.1, -0.05) is 84.9 Å². The predicted octanol–water partition coefficient (Wildman–Crippen LogP) is 8.60. The zero-order valence-corrected chi connectivity index (χ0v) is 20.1. The van der Waals surface area contributed by atoms with Crippen molar-refractivity contribution in [2.24, 2.45) is 0 Å². The fraction of sp³-hybridized carbons (Fsp3) is 0.0303. The Labute approximate surface area is 212 Å². The molecule has 0 atom stereocenters. The normalized spacial score (nSPS) is 11.9. The van der Waals surface area contributed by atoms with E-state index in [1.54, 1.807) is 0 Å². The fourth-order valence-corrected chi connectivity index (χ4v) is 5.66. The maximum absolute atomic E-state index is 6.68. The van der Waals surface area contributed by atoms with E-state index in [0.717, 1.165) is 72.0 Å². The molecule has 0 aliphatic heterocycles. The summed E-state index contributed by atoms with van der Waals surface area (Å²) in [4.78, 5) is 10.1. The molecule has 0 fully saturated rings. The van der Waals surface area contributed by atoms with Crippen molar-refractivity contribution in [1.82, 2.24) is 14.5 Å². The monoisotopic (exact) mass is 475 g/mol. The van der Waals surface area contributed by atoms with Gasteiger partial charge in [-0.2, -0.15) is 0 Å². The van der Waals surface area contributed by atoms with Crippen molar-refractivity contribution < 1.29 is 4.42 Å². The number of benzene rings is 5. The van der Waals surface area contributed by atoms with E-state index in [2.05, 4.69) is 108 Å². The van der Waals surface area contributed by atoms with Crippen LogP contribution in [0.15, 0.2) is 114 Å². The van der Waals surface area contributed by atoms with E-state index in [-0.39, 0.29) is 0 Å². The van der Waals surface area contributed by atoms with Crippen LogP contribution in [0, 0.1) is 6.92 Å². The average Bonchev–Trinajstić information content (AvgIpc) is 3.53. The molecular formula is C33H21N3O. The van der Waals surface area contributed by atoms with Crippen LogP contribution in [0.25, 0.3) is 71.7 Å². The number of rotatable bonds is 2. The number of nitrogens with zero attached hydrogens (tertiary/aromatic N) is 3.